The Bertz CT molecular complexity index is 659. The molecule has 0 aliphatic heterocycles. The Morgan fingerprint density at radius 1 is 1.45 bits per heavy atom. The van der Waals surface area contributed by atoms with Crippen molar-refractivity contribution < 1.29 is 14.3 Å². The Morgan fingerprint density at radius 2 is 2.15 bits per heavy atom. The van der Waals surface area contributed by atoms with Crippen LogP contribution in [0.3, 0.4) is 0 Å². The number of aryl methyl sites for hydroxylation is 1. The van der Waals surface area contributed by atoms with Crippen LogP contribution in [0.4, 0.5) is 0 Å². The molecule has 0 aromatic carbocycles. The van der Waals surface area contributed by atoms with E-state index in [1.165, 1.54) is 18.0 Å². The molecule has 0 aliphatic carbocycles. The molecule has 2 heterocycles. The van der Waals surface area contributed by atoms with Gasteiger partial charge in [0.2, 0.25) is 5.91 Å². The quantitative estimate of drug-likeness (QED) is 0.754. The van der Waals surface area contributed by atoms with Crippen molar-refractivity contribution >= 4 is 11.9 Å². The number of primary amides is 1. The smallest absolute Gasteiger partial charge is 0.360 e. The predicted octanol–water partition coefficient (Wildman–Crippen LogP) is -0.488. The second-order valence-electron chi connectivity index (χ2n) is 4.20. The SMILES string of the molecule is COC(=O)c1nnn(C(C)C(N)=O)c1-c1cnn(C)c1. The summed E-state index contributed by atoms with van der Waals surface area (Å²) in [5, 5.41) is 11.6. The molecular weight excluding hydrogens is 264 g/mol. The van der Waals surface area contributed by atoms with Crippen molar-refractivity contribution in [3.8, 4) is 11.3 Å². The molecule has 1 unspecified atom stereocenters. The number of ether oxygens (including phenoxy) is 1. The van der Waals surface area contributed by atoms with Crippen molar-refractivity contribution in [2.24, 2.45) is 12.8 Å². The summed E-state index contributed by atoms with van der Waals surface area (Å²) in [5.41, 5.74) is 6.21. The minimum atomic E-state index is -0.754. The maximum absolute atomic E-state index is 11.7. The zero-order chi connectivity index (χ0) is 14.9. The molecule has 2 aromatic rings. The number of nitrogens with zero attached hydrogens (tertiary/aromatic N) is 5. The fraction of sp³-hybridized carbons (Fsp3) is 0.364. The van der Waals surface area contributed by atoms with Crippen LogP contribution in [-0.4, -0.2) is 43.8 Å². The summed E-state index contributed by atoms with van der Waals surface area (Å²) in [6.07, 6.45) is 3.21. The van der Waals surface area contributed by atoms with E-state index in [0.717, 1.165) is 0 Å². The molecule has 2 rings (SSSR count). The Kier molecular flexibility index (Phi) is 3.51. The van der Waals surface area contributed by atoms with Gasteiger partial charge < -0.3 is 10.5 Å². The minimum absolute atomic E-state index is 0.00796. The van der Waals surface area contributed by atoms with Gasteiger partial charge in [0, 0.05) is 18.8 Å². The zero-order valence-corrected chi connectivity index (χ0v) is 11.3. The predicted molar refractivity (Wildman–Crippen MR) is 67.5 cm³/mol. The topological polar surface area (TPSA) is 118 Å². The first kappa shape index (κ1) is 13.7. The molecule has 20 heavy (non-hydrogen) atoms. The van der Waals surface area contributed by atoms with Gasteiger partial charge in [0.05, 0.1) is 13.3 Å². The number of hydrogen-bond donors (Lipinski definition) is 1. The molecule has 0 saturated carbocycles. The van der Waals surface area contributed by atoms with Crippen LogP contribution in [0, 0.1) is 0 Å². The number of methoxy groups -OCH3 is 1. The molecule has 9 nitrogen and oxygen atoms in total. The first-order chi connectivity index (χ1) is 9.45. The van der Waals surface area contributed by atoms with Crippen molar-refractivity contribution in [3.63, 3.8) is 0 Å². The zero-order valence-electron chi connectivity index (χ0n) is 11.3. The van der Waals surface area contributed by atoms with E-state index in [1.807, 2.05) is 0 Å². The number of nitrogens with two attached hydrogens (primary N) is 1. The van der Waals surface area contributed by atoms with E-state index in [1.54, 1.807) is 24.9 Å². The second-order valence-corrected chi connectivity index (χ2v) is 4.20. The largest absolute Gasteiger partial charge is 0.464 e. The van der Waals surface area contributed by atoms with Gasteiger partial charge in [-0.1, -0.05) is 5.21 Å². The van der Waals surface area contributed by atoms with Crippen LogP contribution in [0.15, 0.2) is 12.4 Å². The molecule has 0 radical (unpaired) electrons. The third-order valence-electron chi connectivity index (χ3n) is 2.83. The fourth-order valence-corrected chi connectivity index (χ4v) is 1.73. The molecule has 9 heteroatoms. The number of aromatic nitrogens is 5. The maximum Gasteiger partial charge on any atom is 0.360 e. The van der Waals surface area contributed by atoms with Crippen LogP contribution >= 0.6 is 0 Å². The van der Waals surface area contributed by atoms with Gasteiger partial charge in [-0.05, 0) is 6.92 Å². The van der Waals surface area contributed by atoms with Crippen molar-refractivity contribution in [2.45, 2.75) is 13.0 Å². The lowest BCUT2D eigenvalue weighted by Gasteiger charge is -2.10. The minimum Gasteiger partial charge on any atom is -0.464 e. The van der Waals surface area contributed by atoms with Crippen LogP contribution in [-0.2, 0) is 16.6 Å². The van der Waals surface area contributed by atoms with Crippen LogP contribution in [0.25, 0.3) is 11.3 Å². The molecule has 1 atom stereocenters. The lowest BCUT2D eigenvalue weighted by molar-refractivity contribution is -0.120. The average Bonchev–Trinajstić information content (AvgIpc) is 3.02. The summed E-state index contributed by atoms with van der Waals surface area (Å²) in [7, 11) is 2.97. The van der Waals surface area contributed by atoms with Gasteiger partial charge in [0.1, 0.15) is 11.7 Å². The summed E-state index contributed by atoms with van der Waals surface area (Å²) >= 11 is 0. The summed E-state index contributed by atoms with van der Waals surface area (Å²) in [5.74, 6) is -1.23. The Hall–Kier alpha value is -2.71. The van der Waals surface area contributed by atoms with E-state index in [2.05, 4.69) is 20.1 Å². The number of esters is 1. The Morgan fingerprint density at radius 3 is 2.65 bits per heavy atom. The van der Waals surface area contributed by atoms with Crippen molar-refractivity contribution in [1.29, 1.82) is 0 Å². The number of carbonyl (C=O) groups is 2. The monoisotopic (exact) mass is 278 g/mol. The van der Waals surface area contributed by atoms with E-state index in [-0.39, 0.29) is 5.69 Å². The molecule has 106 valence electrons. The third-order valence-corrected chi connectivity index (χ3v) is 2.83. The van der Waals surface area contributed by atoms with E-state index in [9.17, 15) is 9.59 Å². The van der Waals surface area contributed by atoms with E-state index in [0.29, 0.717) is 11.3 Å². The molecule has 0 bridgehead atoms. The van der Waals surface area contributed by atoms with E-state index < -0.39 is 17.9 Å². The highest BCUT2D eigenvalue weighted by Crippen LogP contribution is 2.25. The average molecular weight is 278 g/mol. The number of carbonyl (C=O) groups excluding carboxylic acids is 2. The first-order valence-corrected chi connectivity index (χ1v) is 5.77. The molecule has 2 N–H and O–H groups in total. The van der Waals surface area contributed by atoms with Gasteiger partial charge in [-0.3, -0.25) is 9.48 Å². The molecule has 0 saturated heterocycles. The van der Waals surface area contributed by atoms with Gasteiger partial charge in [-0.25, -0.2) is 9.48 Å². The summed E-state index contributed by atoms with van der Waals surface area (Å²) < 4.78 is 7.50. The lowest BCUT2D eigenvalue weighted by atomic mass is 10.2. The highest BCUT2D eigenvalue weighted by molar-refractivity contribution is 5.94. The van der Waals surface area contributed by atoms with E-state index in [4.69, 9.17) is 5.73 Å². The lowest BCUT2D eigenvalue weighted by Crippen LogP contribution is -2.25. The van der Waals surface area contributed by atoms with Crippen molar-refractivity contribution in [2.75, 3.05) is 7.11 Å². The highest BCUT2D eigenvalue weighted by Gasteiger charge is 2.26. The highest BCUT2D eigenvalue weighted by atomic mass is 16.5. The van der Waals surface area contributed by atoms with Crippen LogP contribution in [0.1, 0.15) is 23.5 Å². The van der Waals surface area contributed by atoms with Crippen molar-refractivity contribution in [1.82, 2.24) is 24.8 Å². The van der Waals surface area contributed by atoms with Gasteiger partial charge in [-0.15, -0.1) is 5.10 Å². The summed E-state index contributed by atoms with van der Waals surface area (Å²) in [6, 6.07) is -0.754. The standard InChI is InChI=1S/C11H14N6O3/c1-6(10(12)18)17-9(7-4-13-16(2)5-7)8(14-15-17)11(19)20-3/h4-6H,1-3H3,(H2,12,18). The van der Waals surface area contributed by atoms with Gasteiger partial charge in [-0.2, -0.15) is 5.10 Å². The maximum atomic E-state index is 11.7. The Balaban J connectivity index is 2.62. The summed E-state index contributed by atoms with van der Waals surface area (Å²) in [6.45, 7) is 1.57. The molecule has 0 aliphatic rings. The first-order valence-electron chi connectivity index (χ1n) is 5.77. The molecule has 0 fully saturated rings. The van der Waals surface area contributed by atoms with E-state index >= 15 is 0 Å². The molecule has 0 spiro atoms. The van der Waals surface area contributed by atoms with Gasteiger partial charge in [0.15, 0.2) is 5.69 Å². The van der Waals surface area contributed by atoms with Crippen LogP contribution in [0.2, 0.25) is 0 Å². The normalized spacial score (nSPS) is 12.2. The van der Waals surface area contributed by atoms with Crippen molar-refractivity contribution in [3.05, 3.63) is 18.1 Å². The molecule has 1 amide bonds. The molecular formula is C11H14N6O3. The summed E-state index contributed by atoms with van der Waals surface area (Å²) in [4.78, 5) is 23.1. The fourth-order valence-electron chi connectivity index (χ4n) is 1.73. The van der Waals surface area contributed by atoms with Gasteiger partial charge in [0.25, 0.3) is 0 Å². The van der Waals surface area contributed by atoms with Gasteiger partial charge >= 0.3 is 5.97 Å². The number of hydrogen-bond acceptors (Lipinski definition) is 6. The number of rotatable bonds is 4. The number of amides is 1. The Labute approximate surface area is 114 Å². The van der Waals surface area contributed by atoms with Crippen LogP contribution < -0.4 is 5.73 Å². The molecule has 2 aromatic heterocycles. The second kappa shape index (κ2) is 5.11. The third kappa shape index (κ3) is 2.25. The van der Waals surface area contributed by atoms with Crippen LogP contribution in [0.5, 0.6) is 0 Å².